The van der Waals surface area contributed by atoms with E-state index < -0.39 is 0 Å². The largest absolute Gasteiger partial charge is 0.393 e. The van der Waals surface area contributed by atoms with E-state index in [4.69, 9.17) is 0 Å². The van der Waals surface area contributed by atoms with E-state index in [0.717, 1.165) is 6.54 Å². The maximum atomic E-state index is 12.0. The Morgan fingerprint density at radius 2 is 2.24 bits per heavy atom. The lowest BCUT2D eigenvalue weighted by Crippen LogP contribution is -2.40. The average molecular weight is 256 g/mol. The predicted molar refractivity (Wildman–Crippen MR) is 65.2 cm³/mol. The van der Waals surface area contributed by atoms with Crippen molar-refractivity contribution < 1.29 is 9.90 Å². The molecule has 2 rings (SSSR count). The number of rotatable bonds is 3. The second kappa shape index (κ2) is 5.42. The van der Waals surface area contributed by atoms with Crippen LogP contribution in [0, 0.1) is 0 Å². The van der Waals surface area contributed by atoms with Crippen molar-refractivity contribution >= 4 is 22.4 Å². The third-order valence-corrected chi connectivity index (χ3v) is 3.56. The summed E-state index contributed by atoms with van der Waals surface area (Å²) in [5.74, 6) is -0.0847. The summed E-state index contributed by atoms with van der Waals surface area (Å²) in [6.45, 7) is 3.92. The van der Waals surface area contributed by atoms with Crippen LogP contribution in [0.3, 0.4) is 0 Å². The zero-order chi connectivity index (χ0) is 12.3. The van der Waals surface area contributed by atoms with E-state index in [1.165, 1.54) is 11.3 Å². The Labute approximate surface area is 104 Å². The Morgan fingerprint density at radius 1 is 1.53 bits per heavy atom. The Kier molecular flexibility index (Phi) is 3.90. The molecule has 1 aromatic heterocycles. The third-order valence-electron chi connectivity index (χ3n) is 2.69. The molecule has 0 radical (unpaired) electrons. The molecule has 1 aromatic rings. The van der Waals surface area contributed by atoms with Gasteiger partial charge in [0.2, 0.25) is 10.1 Å². The van der Waals surface area contributed by atoms with E-state index >= 15 is 0 Å². The van der Waals surface area contributed by atoms with Crippen LogP contribution in [0.2, 0.25) is 0 Å². The Morgan fingerprint density at radius 3 is 2.88 bits per heavy atom. The topological polar surface area (TPSA) is 78.4 Å². The summed E-state index contributed by atoms with van der Waals surface area (Å²) < 4.78 is 0. The summed E-state index contributed by atoms with van der Waals surface area (Å²) in [7, 11) is 0. The van der Waals surface area contributed by atoms with Crippen LogP contribution in [0.4, 0.5) is 5.13 Å². The molecular formula is C10H16N4O2S. The number of nitrogens with one attached hydrogen (secondary N) is 1. The molecule has 1 aliphatic rings. The van der Waals surface area contributed by atoms with Crippen molar-refractivity contribution in [2.45, 2.75) is 25.9 Å². The van der Waals surface area contributed by atoms with Gasteiger partial charge in [0, 0.05) is 19.6 Å². The first-order valence-corrected chi connectivity index (χ1v) is 6.57. The molecule has 0 unspecified atom stereocenters. The van der Waals surface area contributed by atoms with Crippen LogP contribution in [0.25, 0.3) is 0 Å². The van der Waals surface area contributed by atoms with Gasteiger partial charge in [-0.3, -0.25) is 4.79 Å². The number of aromatic nitrogens is 2. The summed E-state index contributed by atoms with van der Waals surface area (Å²) in [4.78, 5) is 13.8. The van der Waals surface area contributed by atoms with Gasteiger partial charge in [0.25, 0.3) is 5.91 Å². The van der Waals surface area contributed by atoms with Crippen LogP contribution < -0.4 is 5.32 Å². The Bertz CT molecular complexity index is 387. The smallest absolute Gasteiger partial charge is 0.284 e. The number of aliphatic hydroxyl groups is 1. The fourth-order valence-corrected chi connectivity index (χ4v) is 2.52. The Hall–Kier alpha value is -1.21. The maximum Gasteiger partial charge on any atom is 0.284 e. The molecular weight excluding hydrogens is 240 g/mol. The van der Waals surface area contributed by atoms with Gasteiger partial charge in [0.05, 0.1) is 6.10 Å². The number of nitrogens with zero attached hydrogens (tertiary/aromatic N) is 3. The minimum Gasteiger partial charge on any atom is -0.393 e. The van der Waals surface area contributed by atoms with Crippen molar-refractivity contribution in [2.75, 3.05) is 25.0 Å². The van der Waals surface area contributed by atoms with Crippen LogP contribution in [0.15, 0.2) is 0 Å². The highest BCUT2D eigenvalue weighted by atomic mass is 32.1. The molecule has 17 heavy (non-hydrogen) atoms. The highest BCUT2D eigenvalue weighted by Gasteiger charge is 2.24. The van der Waals surface area contributed by atoms with E-state index in [-0.39, 0.29) is 12.0 Å². The lowest BCUT2D eigenvalue weighted by atomic mass is 10.1. The zero-order valence-electron chi connectivity index (χ0n) is 9.72. The number of aliphatic hydroxyl groups excluding tert-OH is 1. The monoisotopic (exact) mass is 256 g/mol. The molecule has 2 N–H and O–H groups in total. The van der Waals surface area contributed by atoms with Crippen molar-refractivity contribution in [3.8, 4) is 0 Å². The molecule has 1 amide bonds. The minimum atomic E-state index is -0.272. The summed E-state index contributed by atoms with van der Waals surface area (Å²) in [5.41, 5.74) is 0. The fraction of sp³-hybridized carbons (Fsp3) is 0.700. The van der Waals surface area contributed by atoms with Gasteiger partial charge in [-0.15, -0.1) is 10.2 Å². The molecule has 1 aliphatic heterocycles. The summed E-state index contributed by atoms with van der Waals surface area (Å²) >= 11 is 1.27. The lowest BCUT2D eigenvalue weighted by Gasteiger charge is -2.28. The molecule has 0 saturated carbocycles. The number of anilines is 1. The first kappa shape index (κ1) is 12.3. The highest BCUT2D eigenvalue weighted by Crippen LogP contribution is 2.19. The number of carbonyl (C=O) groups excluding carboxylic acids is 1. The first-order valence-electron chi connectivity index (χ1n) is 5.75. The van der Waals surface area contributed by atoms with E-state index in [1.54, 1.807) is 4.90 Å². The second-order valence-corrected chi connectivity index (χ2v) is 4.94. The molecule has 6 nitrogen and oxygen atoms in total. The summed E-state index contributed by atoms with van der Waals surface area (Å²) in [5, 5.41) is 21.3. The van der Waals surface area contributed by atoms with E-state index in [0.29, 0.717) is 36.1 Å². The van der Waals surface area contributed by atoms with Crippen LogP contribution in [0.5, 0.6) is 0 Å². The quantitative estimate of drug-likeness (QED) is 0.826. The van der Waals surface area contributed by atoms with E-state index in [1.807, 2.05) is 6.92 Å². The fourth-order valence-electron chi connectivity index (χ4n) is 1.74. The lowest BCUT2D eigenvalue weighted by molar-refractivity contribution is 0.0545. The molecule has 1 fully saturated rings. The molecule has 0 spiro atoms. The number of piperidine rings is 1. The number of carbonyl (C=O) groups is 1. The van der Waals surface area contributed by atoms with Gasteiger partial charge in [0.15, 0.2) is 0 Å². The molecule has 0 bridgehead atoms. The Balaban J connectivity index is 1.98. The van der Waals surface area contributed by atoms with Crippen molar-refractivity contribution in [3.63, 3.8) is 0 Å². The van der Waals surface area contributed by atoms with Gasteiger partial charge in [-0.25, -0.2) is 0 Å². The molecule has 94 valence electrons. The van der Waals surface area contributed by atoms with Gasteiger partial charge >= 0.3 is 0 Å². The molecule has 0 aromatic carbocycles. The van der Waals surface area contributed by atoms with Crippen LogP contribution in [-0.4, -0.2) is 51.8 Å². The number of likely N-dealkylation sites (tertiary alicyclic amines) is 1. The van der Waals surface area contributed by atoms with Crippen LogP contribution in [0.1, 0.15) is 29.6 Å². The number of hydrogen-bond donors (Lipinski definition) is 2. The molecule has 0 aliphatic carbocycles. The number of amides is 1. The molecule has 0 atom stereocenters. The van der Waals surface area contributed by atoms with Crippen LogP contribution in [-0.2, 0) is 0 Å². The van der Waals surface area contributed by atoms with Crippen molar-refractivity contribution in [3.05, 3.63) is 5.01 Å². The molecule has 2 heterocycles. The highest BCUT2D eigenvalue weighted by molar-refractivity contribution is 7.17. The van der Waals surface area contributed by atoms with Gasteiger partial charge in [-0.2, -0.15) is 0 Å². The van der Waals surface area contributed by atoms with Crippen LogP contribution >= 0.6 is 11.3 Å². The van der Waals surface area contributed by atoms with Crippen molar-refractivity contribution in [1.29, 1.82) is 0 Å². The predicted octanol–water partition coefficient (Wildman–Crippen LogP) is 0.567. The minimum absolute atomic E-state index is 0.0847. The van der Waals surface area contributed by atoms with Gasteiger partial charge < -0.3 is 15.3 Å². The van der Waals surface area contributed by atoms with E-state index in [2.05, 4.69) is 15.5 Å². The SMILES string of the molecule is CCNc1nnc(C(=O)N2CCC(O)CC2)s1. The first-order chi connectivity index (χ1) is 8.20. The van der Waals surface area contributed by atoms with Gasteiger partial charge in [0.1, 0.15) is 0 Å². The standard InChI is InChI=1S/C10H16N4O2S/c1-2-11-10-13-12-8(17-10)9(16)14-5-3-7(15)4-6-14/h7,15H,2-6H2,1H3,(H,11,13). The average Bonchev–Trinajstić information content (AvgIpc) is 2.78. The van der Waals surface area contributed by atoms with Crippen molar-refractivity contribution in [2.24, 2.45) is 0 Å². The molecule has 7 heteroatoms. The second-order valence-electron chi connectivity index (χ2n) is 3.97. The third kappa shape index (κ3) is 2.92. The van der Waals surface area contributed by atoms with Gasteiger partial charge in [-0.05, 0) is 19.8 Å². The zero-order valence-corrected chi connectivity index (χ0v) is 10.5. The van der Waals surface area contributed by atoms with Crippen molar-refractivity contribution in [1.82, 2.24) is 15.1 Å². The van der Waals surface area contributed by atoms with E-state index in [9.17, 15) is 9.90 Å². The number of hydrogen-bond acceptors (Lipinski definition) is 6. The van der Waals surface area contributed by atoms with Gasteiger partial charge in [-0.1, -0.05) is 11.3 Å². The summed E-state index contributed by atoms with van der Waals surface area (Å²) in [6, 6.07) is 0. The maximum absolute atomic E-state index is 12.0. The molecule has 1 saturated heterocycles. The summed E-state index contributed by atoms with van der Waals surface area (Å²) in [6.07, 6.45) is 1.01. The normalized spacial score (nSPS) is 17.2.